The highest BCUT2D eigenvalue weighted by Gasteiger charge is 2.46. The summed E-state index contributed by atoms with van der Waals surface area (Å²) in [5, 5.41) is 3.04. The number of hydrogen-bond acceptors (Lipinski definition) is 5. The quantitative estimate of drug-likeness (QED) is 0.673. The van der Waals surface area contributed by atoms with Crippen LogP contribution in [0, 0.1) is 11.8 Å². The Morgan fingerprint density at radius 3 is 2.44 bits per heavy atom. The highest BCUT2D eigenvalue weighted by Crippen LogP contribution is 2.35. The van der Waals surface area contributed by atoms with E-state index in [2.05, 4.69) is 10.2 Å². The summed E-state index contributed by atoms with van der Waals surface area (Å²) in [7, 11) is 1.67. The van der Waals surface area contributed by atoms with E-state index < -0.39 is 0 Å². The molecule has 8 nitrogen and oxygen atoms in total. The first kappa shape index (κ1) is 24.2. The summed E-state index contributed by atoms with van der Waals surface area (Å²) in [4.78, 5) is 44.8. The Kier molecular flexibility index (Phi) is 7.11. The Morgan fingerprint density at radius 2 is 1.69 bits per heavy atom. The van der Waals surface area contributed by atoms with E-state index in [9.17, 15) is 14.4 Å². The van der Waals surface area contributed by atoms with Crippen LogP contribution >= 0.6 is 0 Å². The average Bonchev–Trinajstić information content (AvgIpc) is 2.93. The van der Waals surface area contributed by atoms with Crippen LogP contribution in [0.15, 0.2) is 54.6 Å². The highest BCUT2D eigenvalue weighted by molar-refractivity contribution is 5.99. The zero-order chi connectivity index (χ0) is 25.1. The first-order chi connectivity index (χ1) is 17.5. The molecule has 1 saturated carbocycles. The maximum atomic E-state index is 13.4. The maximum absolute atomic E-state index is 13.4. The number of nitrogens with zero attached hydrogens (tertiary/aromatic N) is 3. The summed E-state index contributed by atoms with van der Waals surface area (Å²) in [5.41, 5.74) is 2.15. The minimum atomic E-state index is -0.337. The van der Waals surface area contributed by atoms with Crippen molar-refractivity contribution in [3.8, 4) is 5.75 Å². The molecule has 2 heterocycles. The summed E-state index contributed by atoms with van der Waals surface area (Å²) in [6, 6.07) is 17.2. The van der Waals surface area contributed by atoms with Crippen LogP contribution in [0.5, 0.6) is 5.75 Å². The second kappa shape index (κ2) is 10.6. The van der Waals surface area contributed by atoms with Gasteiger partial charge in [-0.3, -0.25) is 14.5 Å². The molecule has 1 N–H and O–H groups in total. The van der Waals surface area contributed by atoms with Gasteiger partial charge in [-0.15, -0.1) is 0 Å². The molecule has 0 bridgehead atoms. The predicted octanol–water partition coefficient (Wildman–Crippen LogP) is 2.92. The number of nitrogens with one attached hydrogen (secondary N) is 1. The fourth-order valence-corrected chi connectivity index (χ4v) is 5.80. The van der Waals surface area contributed by atoms with Crippen molar-refractivity contribution in [3.63, 3.8) is 0 Å². The largest absolute Gasteiger partial charge is 0.495 e. The SMILES string of the molecule is COc1ccccc1N1CCN(C(=O)C2CCC3C(=O)N(CCc4ccccc4)C(=O)NC3C2)CC1. The summed E-state index contributed by atoms with van der Waals surface area (Å²) in [5.74, 6) is 0.474. The molecule has 2 aromatic carbocycles. The molecular formula is C28H34N4O4. The summed E-state index contributed by atoms with van der Waals surface area (Å²) < 4.78 is 5.49. The van der Waals surface area contributed by atoms with Gasteiger partial charge in [-0.05, 0) is 43.4 Å². The molecule has 2 aromatic rings. The second-order valence-corrected chi connectivity index (χ2v) is 9.88. The third kappa shape index (κ3) is 4.90. The van der Waals surface area contributed by atoms with Gasteiger partial charge < -0.3 is 19.9 Å². The van der Waals surface area contributed by atoms with E-state index in [1.165, 1.54) is 4.90 Å². The van der Waals surface area contributed by atoms with Crippen molar-refractivity contribution in [2.45, 2.75) is 31.7 Å². The van der Waals surface area contributed by atoms with E-state index in [0.717, 1.165) is 30.1 Å². The van der Waals surface area contributed by atoms with E-state index in [-0.39, 0.29) is 35.7 Å². The van der Waals surface area contributed by atoms with Crippen molar-refractivity contribution in [3.05, 3.63) is 60.2 Å². The lowest BCUT2D eigenvalue weighted by Crippen LogP contribution is -2.62. The minimum absolute atomic E-state index is 0.101. The maximum Gasteiger partial charge on any atom is 0.324 e. The lowest BCUT2D eigenvalue weighted by atomic mass is 9.76. The normalized spacial score (nSPS) is 24.2. The number of urea groups is 1. The van der Waals surface area contributed by atoms with Gasteiger partial charge in [0.25, 0.3) is 0 Å². The molecule has 3 atom stereocenters. The Morgan fingerprint density at radius 1 is 0.972 bits per heavy atom. The standard InChI is InChI=1S/C28H34N4O4/c1-36-25-10-6-5-9-24(25)30-15-17-31(18-16-30)26(33)21-11-12-22-23(19-21)29-28(35)32(27(22)34)14-13-20-7-3-2-4-8-20/h2-10,21-23H,11-19H2,1H3,(H,29,35). The van der Waals surface area contributed by atoms with Gasteiger partial charge in [-0.2, -0.15) is 0 Å². The molecule has 190 valence electrons. The molecule has 4 amide bonds. The molecule has 5 rings (SSSR count). The van der Waals surface area contributed by atoms with Crippen molar-refractivity contribution in [2.24, 2.45) is 11.8 Å². The van der Waals surface area contributed by atoms with Crippen LogP contribution < -0.4 is 15.0 Å². The van der Waals surface area contributed by atoms with Gasteiger partial charge >= 0.3 is 6.03 Å². The summed E-state index contributed by atoms with van der Waals surface area (Å²) in [6.45, 7) is 3.17. The van der Waals surface area contributed by atoms with Crippen LogP contribution in [0.3, 0.4) is 0 Å². The third-order valence-corrected chi connectivity index (χ3v) is 7.82. The number of rotatable bonds is 6. The van der Waals surface area contributed by atoms with Crippen molar-refractivity contribution in [1.82, 2.24) is 15.1 Å². The number of carbonyl (C=O) groups excluding carboxylic acids is 3. The van der Waals surface area contributed by atoms with Gasteiger partial charge in [-0.25, -0.2) is 4.79 Å². The van der Waals surface area contributed by atoms with E-state index >= 15 is 0 Å². The third-order valence-electron chi connectivity index (χ3n) is 7.82. The number of fused-ring (bicyclic) bond motifs is 1. The monoisotopic (exact) mass is 490 g/mol. The number of ether oxygens (including phenoxy) is 1. The molecule has 3 fully saturated rings. The van der Waals surface area contributed by atoms with Gasteiger partial charge in [-0.1, -0.05) is 42.5 Å². The number of methoxy groups -OCH3 is 1. The van der Waals surface area contributed by atoms with Crippen LogP contribution in [0.4, 0.5) is 10.5 Å². The number of benzene rings is 2. The Labute approximate surface area is 212 Å². The lowest BCUT2D eigenvalue weighted by molar-refractivity contribution is -0.142. The number of anilines is 1. The molecule has 1 aliphatic carbocycles. The first-order valence-corrected chi connectivity index (χ1v) is 12.9. The zero-order valence-electron chi connectivity index (χ0n) is 20.8. The van der Waals surface area contributed by atoms with Crippen molar-refractivity contribution >= 4 is 23.5 Å². The van der Waals surface area contributed by atoms with Crippen molar-refractivity contribution in [1.29, 1.82) is 0 Å². The van der Waals surface area contributed by atoms with E-state index in [0.29, 0.717) is 45.3 Å². The Bertz CT molecular complexity index is 1100. The Hall–Kier alpha value is -3.55. The molecule has 0 aromatic heterocycles. The molecule has 3 aliphatic rings. The smallest absolute Gasteiger partial charge is 0.324 e. The predicted molar refractivity (Wildman–Crippen MR) is 137 cm³/mol. The average molecular weight is 491 g/mol. The van der Waals surface area contributed by atoms with Gasteiger partial charge in [0.05, 0.1) is 18.7 Å². The van der Waals surface area contributed by atoms with Crippen LogP contribution in [0.25, 0.3) is 0 Å². The fraction of sp³-hybridized carbons (Fsp3) is 0.464. The van der Waals surface area contributed by atoms with Gasteiger partial charge in [0.1, 0.15) is 5.75 Å². The number of imide groups is 1. The van der Waals surface area contributed by atoms with Crippen LogP contribution in [0.2, 0.25) is 0 Å². The molecule has 2 aliphatic heterocycles. The highest BCUT2D eigenvalue weighted by atomic mass is 16.5. The topological polar surface area (TPSA) is 82.2 Å². The molecule has 0 spiro atoms. The second-order valence-electron chi connectivity index (χ2n) is 9.88. The lowest BCUT2D eigenvalue weighted by Gasteiger charge is -2.43. The van der Waals surface area contributed by atoms with Crippen LogP contribution in [-0.2, 0) is 16.0 Å². The summed E-state index contributed by atoms with van der Waals surface area (Å²) >= 11 is 0. The number of hydrogen-bond donors (Lipinski definition) is 1. The van der Waals surface area contributed by atoms with Gasteiger partial charge in [0.2, 0.25) is 11.8 Å². The van der Waals surface area contributed by atoms with E-state index in [1.54, 1.807) is 7.11 Å². The number of amides is 4. The van der Waals surface area contributed by atoms with Gasteiger partial charge in [0, 0.05) is 44.7 Å². The van der Waals surface area contributed by atoms with Crippen LogP contribution in [-0.4, -0.2) is 73.5 Å². The molecule has 2 saturated heterocycles. The van der Waals surface area contributed by atoms with E-state index in [1.807, 2.05) is 59.5 Å². The Balaban J connectivity index is 1.15. The molecule has 0 radical (unpaired) electrons. The van der Waals surface area contributed by atoms with Gasteiger partial charge in [0.15, 0.2) is 0 Å². The molecule has 3 unspecified atom stereocenters. The zero-order valence-corrected chi connectivity index (χ0v) is 20.8. The van der Waals surface area contributed by atoms with Crippen molar-refractivity contribution < 1.29 is 19.1 Å². The van der Waals surface area contributed by atoms with E-state index in [4.69, 9.17) is 4.74 Å². The van der Waals surface area contributed by atoms with Crippen molar-refractivity contribution in [2.75, 3.05) is 44.7 Å². The number of piperazine rings is 1. The number of para-hydroxylation sites is 2. The van der Waals surface area contributed by atoms with Crippen LogP contribution in [0.1, 0.15) is 24.8 Å². The molecule has 36 heavy (non-hydrogen) atoms. The molecule has 8 heteroatoms. The first-order valence-electron chi connectivity index (χ1n) is 12.9. The minimum Gasteiger partial charge on any atom is -0.495 e. The summed E-state index contributed by atoms with van der Waals surface area (Å²) in [6.07, 6.45) is 2.48. The fourth-order valence-electron chi connectivity index (χ4n) is 5.80. The molecular weight excluding hydrogens is 456 g/mol. The number of carbonyl (C=O) groups is 3.